The molecule has 0 N–H and O–H groups in total. The molecule has 0 saturated carbocycles. The highest BCUT2D eigenvalue weighted by Crippen LogP contribution is 2.33. The Bertz CT molecular complexity index is 868. The zero-order chi connectivity index (χ0) is 19.4. The van der Waals surface area contributed by atoms with E-state index in [1.807, 2.05) is 24.3 Å². The Labute approximate surface area is 170 Å². The van der Waals surface area contributed by atoms with Crippen LogP contribution < -0.4 is 9.47 Å². The van der Waals surface area contributed by atoms with Crippen molar-refractivity contribution in [1.29, 1.82) is 0 Å². The Morgan fingerprint density at radius 1 is 1.22 bits per heavy atom. The van der Waals surface area contributed by atoms with E-state index in [0.717, 1.165) is 15.6 Å². The number of nitrogens with zero attached hydrogens (tertiary/aromatic N) is 2. The molecule has 142 valence electrons. The summed E-state index contributed by atoms with van der Waals surface area (Å²) in [5.74, 6) is 1.32. The van der Waals surface area contributed by atoms with Crippen LogP contribution in [-0.2, 0) is 17.8 Å². The lowest BCUT2D eigenvalue weighted by molar-refractivity contribution is 0.101. The van der Waals surface area contributed by atoms with Crippen LogP contribution in [0.4, 0.5) is 4.79 Å². The molecule has 1 aliphatic rings. The van der Waals surface area contributed by atoms with Crippen LogP contribution in [0.5, 0.6) is 11.5 Å². The number of halogens is 2. The van der Waals surface area contributed by atoms with Gasteiger partial charge >= 0.3 is 6.09 Å². The number of hydrogen-bond acceptors (Lipinski definition) is 5. The summed E-state index contributed by atoms with van der Waals surface area (Å²) in [5.41, 5.74) is 2.77. The molecule has 6 nitrogen and oxygen atoms in total. The maximum atomic E-state index is 12.3. The zero-order valence-corrected chi connectivity index (χ0v) is 17.2. The minimum absolute atomic E-state index is 0.416. The fourth-order valence-corrected chi connectivity index (χ4v) is 3.66. The van der Waals surface area contributed by atoms with E-state index in [-0.39, 0.29) is 0 Å². The van der Waals surface area contributed by atoms with Crippen molar-refractivity contribution in [3.63, 3.8) is 0 Å². The predicted molar refractivity (Wildman–Crippen MR) is 107 cm³/mol. The van der Waals surface area contributed by atoms with Crippen LogP contribution in [0.2, 0.25) is 5.02 Å². The van der Waals surface area contributed by atoms with Crippen LogP contribution in [-0.4, -0.2) is 38.0 Å². The fraction of sp³-hybridized carbons (Fsp3) is 0.263. The molecule has 0 unspecified atom stereocenters. The molecule has 27 heavy (non-hydrogen) atoms. The SMILES string of the molecule is COc1cc2c(cc1OC)CN(C(=O)O/N=C/c1c(Cl)cccc1Br)CC2. The summed E-state index contributed by atoms with van der Waals surface area (Å²) in [5, 5.41) is 4.29. The molecule has 3 rings (SSSR count). The molecule has 0 saturated heterocycles. The van der Waals surface area contributed by atoms with Crippen molar-refractivity contribution in [3.05, 3.63) is 56.5 Å². The summed E-state index contributed by atoms with van der Waals surface area (Å²) in [4.78, 5) is 19.0. The van der Waals surface area contributed by atoms with E-state index < -0.39 is 6.09 Å². The molecule has 0 atom stereocenters. The summed E-state index contributed by atoms with van der Waals surface area (Å²) >= 11 is 9.49. The maximum absolute atomic E-state index is 12.3. The van der Waals surface area contributed by atoms with Crippen LogP contribution in [0.15, 0.2) is 40.0 Å². The van der Waals surface area contributed by atoms with Gasteiger partial charge in [0, 0.05) is 23.1 Å². The Kier molecular flexibility index (Phi) is 6.23. The van der Waals surface area contributed by atoms with Gasteiger partial charge in [-0.1, -0.05) is 38.8 Å². The van der Waals surface area contributed by atoms with Gasteiger partial charge in [0.2, 0.25) is 0 Å². The summed E-state index contributed by atoms with van der Waals surface area (Å²) < 4.78 is 11.4. The Morgan fingerprint density at radius 3 is 2.59 bits per heavy atom. The number of ether oxygens (including phenoxy) is 2. The zero-order valence-electron chi connectivity index (χ0n) is 14.9. The lowest BCUT2D eigenvalue weighted by atomic mass is 9.99. The number of hydrogen-bond donors (Lipinski definition) is 0. The van der Waals surface area contributed by atoms with E-state index in [1.54, 1.807) is 25.2 Å². The largest absolute Gasteiger partial charge is 0.493 e. The molecule has 0 fully saturated rings. The van der Waals surface area contributed by atoms with Crippen LogP contribution >= 0.6 is 27.5 Å². The van der Waals surface area contributed by atoms with E-state index in [1.165, 1.54) is 6.21 Å². The Balaban J connectivity index is 1.68. The Morgan fingerprint density at radius 2 is 1.93 bits per heavy atom. The second-order valence-corrected chi connectivity index (χ2v) is 7.14. The molecule has 2 aromatic rings. The number of amides is 1. The van der Waals surface area contributed by atoms with Crippen LogP contribution in [0, 0.1) is 0 Å². The third-order valence-corrected chi connectivity index (χ3v) is 5.31. The standard InChI is InChI=1S/C19H18BrClN2O4/c1-25-17-8-12-6-7-23(11-13(12)9-18(17)26-2)19(24)27-22-10-14-15(20)4-3-5-16(14)21/h3-5,8-10H,6-7,11H2,1-2H3/b22-10+. The average molecular weight is 454 g/mol. The monoisotopic (exact) mass is 452 g/mol. The predicted octanol–water partition coefficient (Wildman–Crippen LogP) is 4.65. The van der Waals surface area contributed by atoms with Gasteiger partial charge < -0.3 is 14.4 Å². The minimum Gasteiger partial charge on any atom is -0.493 e. The van der Waals surface area contributed by atoms with Crippen molar-refractivity contribution in [2.24, 2.45) is 5.16 Å². The molecule has 0 aromatic heterocycles. The molecule has 8 heteroatoms. The lowest BCUT2D eigenvalue weighted by Crippen LogP contribution is -2.35. The highest BCUT2D eigenvalue weighted by molar-refractivity contribution is 9.10. The van der Waals surface area contributed by atoms with Gasteiger partial charge in [0.1, 0.15) is 0 Å². The van der Waals surface area contributed by atoms with Crippen molar-refractivity contribution >= 4 is 39.8 Å². The number of rotatable bonds is 4. The van der Waals surface area contributed by atoms with Crippen LogP contribution in [0.3, 0.4) is 0 Å². The van der Waals surface area contributed by atoms with Crippen molar-refractivity contribution in [1.82, 2.24) is 4.90 Å². The van der Waals surface area contributed by atoms with Crippen LogP contribution in [0.1, 0.15) is 16.7 Å². The first-order valence-corrected chi connectivity index (χ1v) is 9.37. The highest BCUT2D eigenvalue weighted by atomic mass is 79.9. The summed E-state index contributed by atoms with van der Waals surface area (Å²) in [6, 6.07) is 9.21. The van der Waals surface area contributed by atoms with Crippen molar-refractivity contribution < 1.29 is 19.1 Å². The quantitative estimate of drug-likeness (QED) is 0.384. The topological polar surface area (TPSA) is 60.4 Å². The van der Waals surface area contributed by atoms with Gasteiger partial charge in [0.05, 0.1) is 25.5 Å². The molecule has 0 aliphatic carbocycles. The first-order chi connectivity index (χ1) is 13.0. The van der Waals surface area contributed by atoms with Gasteiger partial charge in [-0.15, -0.1) is 0 Å². The molecule has 1 heterocycles. The van der Waals surface area contributed by atoms with Gasteiger partial charge in [0.15, 0.2) is 11.5 Å². The molecular weight excluding hydrogens is 436 g/mol. The summed E-state index contributed by atoms with van der Waals surface area (Å²) in [6.45, 7) is 0.951. The summed E-state index contributed by atoms with van der Waals surface area (Å²) in [7, 11) is 3.19. The second-order valence-electron chi connectivity index (χ2n) is 5.87. The number of fused-ring (bicyclic) bond motifs is 1. The molecule has 0 bridgehead atoms. The first kappa shape index (κ1) is 19.5. The third-order valence-electron chi connectivity index (χ3n) is 4.29. The Hall–Kier alpha value is -2.25. The smallest absolute Gasteiger partial charge is 0.436 e. The molecule has 1 aliphatic heterocycles. The van der Waals surface area contributed by atoms with E-state index in [2.05, 4.69) is 21.1 Å². The number of oxime groups is 1. The van der Waals surface area contributed by atoms with E-state index in [9.17, 15) is 4.79 Å². The number of benzene rings is 2. The normalized spacial score (nSPS) is 13.4. The molecule has 0 radical (unpaired) electrons. The third kappa shape index (κ3) is 4.36. The highest BCUT2D eigenvalue weighted by Gasteiger charge is 2.24. The van der Waals surface area contributed by atoms with E-state index in [0.29, 0.717) is 41.6 Å². The van der Waals surface area contributed by atoms with Crippen molar-refractivity contribution in [3.8, 4) is 11.5 Å². The van der Waals surface area contributed by atoms with Crippen molar-refractivity contribution in [2.45, 2.75) is 13.0 Å². The molecular formula is C19H18BrClN2O4. The molecule has 1 amide bonds. The average Bonchev–Trinajstić information content (AvgIpc) is 2.68. The van der Waals surface area contributed by atoms with E-state index >= 15 is 0 Å². The van der Waals surface area contributed by atoms with Gasteiger partial charge in [-0.05, 0) is 41.8 Å². The van der Waals surface area contributed by atoms with Gasteiger partial charge in [0.25, 0.3) is 0 Å². The lowest BCUT2D eigenvalue weighted by Gasteiger charge is -2.27. The first-order valence-electron chi connectivity index (χ1n) is 8.20. The summed E-state index contributed by atoms with van der Waals surface area (Å²) in [6.07, 6.45) is 1.59. The second kappa shape index (κ2) is 8.63. The minimum atomic E-state index is -0.519. The van der Waals surface area contributed by atoms with Gasteiger partial charge in [-0.2, -0.15) is 0 Å². The van der Waals surface area contributed by atoms with Crippen molar-refractivity contribution in [2.75, 3.05) is 20.8 Å². The van der Waals surface area contributed by atoms with Gasteiger partial charge in [-0.3, -0.25) is 4.84 Å². The number of carbonyl (C=O) groups excluding carboxylic acids is 1. The maximum Gasteiger partial charge on any atom is 0.436 e. The van der Waals surface area contributed by atoms with Crippen LogP contribution in [0.25, 0.3) is 0 Å². The van der Waals surface area contributed by atoms with E-state index in [4.69, 9.17) is 25.9 Å². The van der Waals surface area contributed by atoms with Gasteiger partial charge in [-0.25, -0.2) is 4.79 Å². The fourth-order valence-electron chi connectivity index (χ4n) is 2.85. The number of methoxy groups -OCH3 is 2. The molecule has 0 spiro atoms. The number of carbonyl (C=O) groups is 1. The molecule has 2 aromatic carbocycles.